The number of rotatable bonds is 2. The van der Waals surface area contributed by atoms with Gasteiger partial charge in [0, 0.05) is 25.3 Å². The van der Waals surface area contributed by atoms with Gasteiger partial charge >= 0.3 is 0 Å². The van der Waals surface area contributed by atoms with Gasteiger partial charge in [-0.2, -0.15) is 0 Å². The number of carbonyl (C=O) groups is 1. The van der Waals surface area contributed by atoms with E-state index >= 15 is 0 Å². The smallest absolute Gasteiger partial charge is 0.144 e. The van der Waals surface area contributed by atoms with Crippen LogP contribution in [0.4, 0.5) is 0 Å². The summed E-state index contributed by atoms with van der Waals surface area (Å²) in [6, 6.07) is 0.357. The number of likely N-dealkylation sites (tertiary alicyclic amines) is 1. The number of piperidine rings is 1. The zero-order valence-electron chi connectivity index (χ0n) is 6.98. The zero-order chi connectivity index (χ0) is 8.10. The highest BCUT2D eigenvalue weighted by molar-refractivity contribution is 5.85. The third-order valence-corrected chi connectivity index (χ3v) is 1.95. The summed E-state index contributed by atoms with van der Waals surface area (Å²) in [4.78, 5) is 12.1. The molecule has 2 N–H and O–H groups in total. The highest BCUT2D eigenvalue weighted by Gasteiger charge is 2.12. The van der Waals surface area contributed by atoms with E-state index in [-0.39, 0.29) is 12.4 Å². The van der Waals surface area contributed by atoms with Gasteiger partial charge in [-0.1, -0.05) is 0 Å². The quantitative estimate of drug-likeness (QED) is 0.511. The van der Waals surface area contributed by atoms with Crippen molar-refractivity contribution in [2.45, 2.75) is 18.9 Å². The fourth-order valence-electron chi connectivity index (χ4n) is 1.23. The minimum atomic E-state index is 0. The van der Waals surface area contributed by atoms with Gasteiger partial charge in [0.15, 0.2) is 0 Å². The highest BCUT2D eigenvalue weighted by atomic mass is 35.5. The van der Waals surface area contributed by atoms with E-state index in [2.05, 4.69) is 4.90 Å². The lowest BCUT2D eigenvalue weighted by Crippen LogP contribution is -2.36. The Labute approximate surface area is 79.0 Å². The van der Waals surface area contributed by atoms with Crippen LogP contribution >= 0.6 is 12.4 Å². The molecule has 1 heterocycles. The summed E-state index contributed by atoms with van der Waals surface area (Å²) in [6.07, 6.45) is 6.22. The van der Waals surface area contributed by atoms with Crippen molar-refractivity contribution in [3.63, 3.8) is 0 Å². The molecule has 1 aliphatic heterocycles. The first kappa shape index (κ1) is 11.5. The molecule has 0 aromatic heterocycles. The van der Waals surface area contributed by atoms with Crippen molar-refractivity contribution in [3.05, 3.63) is 12.3 Å². The monoisotopic (exact) mass is 190 g/mol. The van der Waals surface area contributed by atoms with Gasteiger partial charge < -0.3 is 10.6 Å². The molecule has 1 rings (SSSR count). The summed E-state index contributed by atoms with van der Waals surface area (Å²) < 4.78 is 0. The molecule has 0 radical (unpaired) electrons. The van der Waals surface area contributed by atoms with Crippen molar-refractivity contribution >= 4 is 18.7 Å². The summed E-state index contributed by atoms with van der Waals surface area (Å²) in [5.74, 6) is 0. The van der Waals surface area contributed by atoms with Crippen LogP contribution in [0.15, 0.2) is 12.3 Å². The van der Waals surface area contributed by atoms with Gasteiger partial charge in [-0.05, 0) is 18.9 Å². The van der Waals surface area contributed by atoms with E-state index in [1.54, 1.807) is 0 Å². The Morgan fingerprint density at radius 2 is 1.92 bits per heavy atom. The SMILES string of the molecule is Cl.NC1CCN(C=CC=O)CC1. The number of aldehydes is 1. The molecule has 0 bridgehead atoms. The van der Waals surface area contributed by atoms with Gasteiger partial charge in [0.05, 0.1) is 0 Å². The Kier molecular flexibility index (Phi) is 5.76. The molecule has 0 aromatic carbocycles. The third kappa shape index (κ3) is 3.74. The second kappa shape index (κ2) is 6.03. The Hall–Kier alpha value is -0.540. The molecule has 3 nitrogen and oxygen atoms in total. The lowest BCUT2D eigenvalue weighted by atomic mass is 10.1. The number of hydrogen-bond donors (Lipinski definition) is 1. The van der Waals surface area contributed by atoms with E-state index in [1.807, 2.05) is 6.20 Å². The van der Waals surface area contributed by atoms with E-state index < -0.39 is 0 Å². The molecule has 0 aromatic rings. The minimum Gasteiger partial charge on any atom is -0.377 e. The van der Waals surface area contributed by atoms with Gasteiger partial charge in [-0.3, -0.25) is 4.79 Å². The molecule has 4 heteroatoms. The number of hydrogen-bond acceptors (Lipinski definition) is 3. The lowest BCUT2D eigenvalue weighted by molar-refractivity contribution is -0.104. The minimum absolute atomic E-state index is 0. The molecule has 0 saturated carbocycles. The predicted molar refractivity (Wildman–Crippen MR) is 51.2 cm³/mol. The van der Waals surface area contributed by atoms with E-state index in [0.717, 1.165) is 32.2 Å². The first-order valence-electron chi connectivity index (χ1n) is 3.94. The Morgan fingerprint density at radius 1 is 1.33 bits per heavy atom. The summed E-state index contributed by atoms with van der Waals surface area (Å²) in [6.45, 7) is 1.96. The van der Waals surface area contributed by atoms with E-state index in [9.17, 15) is 4.79 Å². The van der Waals surface area contributed by atoms with E-state index in [0.29, 0.717) is 6.04 Å². The van der Waals surface area contributed by atoms with Crippen LogP contribution in [-0.2, 0) is 4.79 Å². The van der Waals surface area contributed by atoms with Crippen molar-refractivity contribution in [1.82, 2.24) is 4.90 Å². The van der Waals surface area contributed by atoms with Crippen LogP contribution in [0.3, 0.4) is 0 Å². The molecule has 1 aliphatic rings. The normalized spacial score (nSPS) is 19.2. The van der Waals surface area contributed by atoms with Gasteiger partial charge in [0.1, 0.15) is 6.29 Å². The molecule has 0 aliphatic carbocycles. The van der Waals surface area contributed by atoms with Crippen molar-refractivity contribution < 1.29 is 4.79 Å². The van der Waals surface area contributed by atoms with Crippen molar-refractivity contribution in [2.24, 2.45) is 5.73 Å². The molecule has 0 unspecified atom stereocenters. The number of carbonyl (C=O) groups excluding carboxylic acids is 1. The first-order valence-corrected chi connectivity index (χ1v) is 3.94. The molecule has 70 valence electrons. The van der Waals surface area contributed by atoms with Crippen molar-refractivity contribution in [3.8, 4) is 0 Å². The van der Waals surface area contributed by atoms with Crippen LogP contribution in [0.5, 0.6) is 0 Å². The van der Waals surface area contributed by atoms with Crippen LogP contribution in [0.1, 0.15) is 12.8 Å². The molecule has 0 spiro atoms. The van der Waals surface area contributed by atoms with Crippen LogP contribution in [0.2, 0.25) is 0 Å². The first-order chi connectivity index (χ1) is 5.33. The van der Waals surface area contributed by atoms with Gasteiger partial charge in [-0.25, -0.2) is 0 Å². The molecule has 1 saturated heterocycles. The third-order valence-electron chi connectivity index (χ3n) is 1.95. The summed E-state index contributed by atoms with van der Waals surface area (Å²) in [5.41, 5.74) is 5.71. The Balaban J connectivity index is 0.00000121. The Bertz CT molecular complexity index is 153. The number of nitrogens with zero attached hydrogens (tertiary/aromatic N) is 1. The maximum atomic E-state index is 9.97. The Morgan fingerprint density at radius 3 is 2.42 bits per heavy atom. The fraction of sp³-hybridized carbons (Fsp3) is 0.625. The van der Waals surface area contributed by atoms with Gasteiger partial charge in [0.25, 0.3) is 0 Å². The maximum Gasteiger partial charge on any atom is 0.144 e. The zero-order valence-corrected chi connectivity index (χ0v) is 7.80. The van der Waals surface area contributed by atoms with Crippen molar-refractivity contribution in [1.29, 1.82) is 0 Å². The predicted octanol–water partition coefficient (Wildman–Crippen LogP) is 0.544. The maximum absolute atomic E-state index is 9.97. The highest BCUT2D eigenvalue weighted by Crippen LogP contribution is 2.07. The lowest BCUT2D eigenvalue weighted by Gasteiger charge is -2.28. The van der Waals surface area contributed by atoms with Crippen LogP contribution in [0.25, 0.3) is 0 Å². The topological polar surface area (TPSA) is 46.3 Å². The summed E-state index contributed by atoms with van der Waals surface area (Å²) in [7, 11) is 0. The van der Waals surface area contributed by atoms with Crippen molar-refractivity contribution in [2.75, 3.05) is 13.1 Å². The van der Waals surface area contributed by atoms with Crippen LogP contribution < -0.4 is 5.73 Å². The van der Waals surface area contributed by atoms with Gasteiger partial charge in [-0.15, -0.1) is 12.4 Å². The second-order valence-corrected chi connectivity index (χ2v) is 2.85. The number of allylic oxidation sites excluding steroid dienone is 1. The summed E-state index contributed by atoms with van der Waals surface area (Å²) in [5, 5.41) is 0. The molecule has 1 fully saturated rings. The standard InChI is InChI=1S/C8H14N2O.ClH/c9-8-2-5-10(6-3-8)4-1-7-11;/h1,4,7-8H,2-3,5-6,9H2;1H. The van der Waals surface area contributed by atoms with Gasteiger partial charge in [0.2, 0.25) is 0 Å². The molecule has 12 heavy (non-hydrogen) atoms. The molecule has 0 amide bonds. The fourth-order valence-corrected chi connectivity index (χ4v) is 1.23. The van der Waals surface area contributed by atoms with Crippen LogP contribution in [0, 0.1) is 0 Å². The number of halogens is 1. The largest absolute Gasteiger partial charge is 0.377 e. The molecule has 0 atom stereocenters. The van der Waals surface area contributed by atoms with E-state index in [1.165, 1.54) is 6.08 Å². The molecular formula is C8H15ClN2O. The average molecular weight is 191 g/mol. The van der Waals surface area contributed by atoms with E-state index in [4.69, 9.17) is 5.73 Å². The number of nitrogens with two attached hydrogens (primary N) is 1. The second-order valence-electron chi connectivity index (χ2n) is 2.85. The molecular weight excluding hydrogens is 176 g/mol. The average Bonchev–Trinajstić information content (AvgIpc) is 2.04. The summed E-state index contributed by atoms with van der Waals surface area (Å²) >= 11 is 0. The van der Waals surface area contributed by atoms with Crippen LogP contribution in [-0.4, -0.2) is 30.3 Å².